The molecule has 5 N–H and O–H groups in total. The number of aromatic amines is 1. The lowest BCUT2D eigenvalue weighted by atomic mass is 9.80. The topological polar surface area (TPSA) is 215 Å². The van der Waals surface area contributed by atoms with E-state index in [2.05, 4.69) is 56.9 Å². The van der Waals surface area contributed by atoms with Gasteiger partial charge < -0.3 is 40.7 Å². The first kappa shape index (κ1) is 54.9. The molecule has 402 valence electrons. The minimum atomic E-state index is -0.146. The molecular formula is C57H71ClN12O6. The molecule has 76 heavy (non-hydrogen) atoms. The summed E-state index contributed by atoms with van der Waals surface area (Å²) in [6.45, 7) is 11.8. The molecule has 3 aromatic carbocycles. The number of carbonyl (C=O) groups is 5. The van der Waals surface area contributed by atoms with E-state index in [9.17, 15) is 29.1 Å². The molecule has 8 rings (SSSR count). The van der Waals surface area contributed by atoms with E-state index in [0.717, 1.165) is 78.6 Å². The number of aliphatic imine (C=N–C) groups is 1. The molecule has 5 heterocycles. The van der Waals surface area contributed by atoms with Crippen LogP contribution in [-0.4, -0.2) is 133 Å². The Morgan fingerprint density at radius 2 is 1.67 bits per heavy atom. The van der Waals surface area contributed by atoms with Crippen molar-refractivity contribution >= 4 is 64.4 Å². The summed E-state index contributed by atoms with van der Waals surface area (Å²) in [4.78, 5) is 76.7. The Kier molecular flexibility index (Phi) is 18.1. The molecule has 2 aliphatic heterocycles. The molecule has 1 saturated heterocycles. The van der Waals surface area contributed by atoms with Gasteiger partial charge in [-0.1, -0.05) is 80.0 Å². The average Bonchev–Trinajstić information content (AvgIpc) is 4.22. The van der Waals surface area contributed by atoms with Gasteiger partial charge in [-0.15, -0.1) is 0 Å². The number of likely N-dealkylation sites (tertiary alicyclic amines) is 1. The number of phenols is 1. The molecule has 3 aromatic heterocycles. The van der Waals surface area contributed by atoms with Crippen LogP contribution in [0, 0.1) is 5.41 Å². The van der Waals surface area contributed by atoms with Crippen molar-refractivity contribution in [3.8, 4) is 28.3 Å². The van der Waals surface area contributed by atoms with Gasteiger partial charge in [0.2, 0.25) is 23.6 Å². The number of aldehydes is 1. The molecule has 1 unspecified atom stereocenters. The Balaban J connectivity index is 0.708. The number of nitrogens with zero attached hydrogens (tertiary/aromatic N) is 8. The maximum atomic E-state index is 13.2. The van der Waals surface area contributed by atoms with Crippen LogP contribution in [0.25, 0.3) is 33.4 Å². The quantitative estimate of drug-likeness (QED) is 0.0184. The largest absolute Gasteiger partial charge is 0.506 e. The van der Waals surface area contributed by atoms with E-state index in [4.69, 9.17) is 21.7 Å². The van der Waals surface area contributed by atoms with Gasteiger partial charge in [-0.05, 0) is 66.8 Å². The molecule has 0 saturated carbocycles. The maximum Gasteiger partial charge on any atom is 0.223 e. The fraction of sp³-hybridized carbons (Fsp3) is 0.439. The molecule has 0 aliphatic carbocycles. The number of rotatable bonds is 23. The van der Waals surface area contributed by atoms with E-state index < -0.39 is 0 Å². The van der Waals surface area contributed by atoms with E-state index in [1.807, 2.05) is 73.7 Å². The number of H-pyrrole nitrogens is 1. The molecule has 0 bridgehead atoms. The third-order valence-corrected chi connectivity index (χ3v) is 15.1. The van der Waals surface area contributed by atoms with Crippen molar-refractivity contribution in [1.29, 1.82) is 0 Å². The number of aromatic hydroxyl groups is 1. The Bertz CT molecular complexity index is 3050. The summed E-state index contributed by atoms with van der Waals surface area (Å²) in [5.41, 5.74) is 8.57. The van der Waals surface area contributed by atoms with Crippen LogP contribution in [-0.2, 0) is 52.3 Å². The van der Waals surface area contributed by atoms with Crippen molar-refractivity contribution in [2.24, 2.45) is 17.5 Å². The molecule has 19 heteroatoms. The number of benzene rings is 3. The molecule has 0 spiro atoms. The first-order valence-electron chi connectivity index (χ1n) is 26.4. The van der Waals surface area contributed by atoms with Gasteiger partial charge in [-0.3, -0.25) is 33.3 Å². The van der Waals surface area contributed by atoms with Gasteiger partial charge in [-0.25, -0.2) is 4.99 Å². The number of carbonyl (C=O) groups excluding carboxylic acids is 5. The molecular weight excluding hydrogens is 984 g/mol. The minimum Gasteiger partial charge on any atom is -0.506 e. The number of phenolic OH excluding ortho intramolecular Hbond substituents is 1. The molecule has 2 aliphatic rings. The summed E-state index contributed by atoms with van der Waals surface area (Å²) in [6, 6.07) is 21.7. The van der Waals surface area contributed by atoms with E-state index >= 15 is 0 Å². The zero-order chi connectivity index (χ0) is 53.9. The summed E-state index contributed by atoms with van der Waals surface area (Å²) in [7, 11) is 3.80. The number of hydrogen-bond acceptors (Lipinski definition) is 10. The van der Waals surface area contributed by atoms with Crippen LogP contribution in [0.3, 0.4) is 0 Å². The van der Waals surface area contributed by atoms with Crippen molar-refractivity contribution in [1.82, 2.24) is 55.2 Å². The highest BCUT2D eigenvalue weighted by Gasteiger charge is 2.33. The molecule has 0 radical (unpaired) electrons. The van der Waals surface area contributed by atoms with E-state index in [0.29, 0.717) is 87.5 Å². The Labute approximate surface area is 449 Å². The first-order valence-corrected chi connectivity index (χ1v) is 26.7. The van der Waals surface area contributed by atoms with E-state index in [-0.39, 0.29) is 64.3 Å². The minimum absolute atomic E-state index is 0.00311. The number of fused-ring (bicyclic) bond motifs is 3. The highest BCUT2D eigenvalue weighted by molar-refractivity contribution is 6.37. The molecule has 1 atom stereocenters. The first-order chi connectivity index (χ1) is 36.6. The highest BCUT2D eigenvalue weighted by atomic mass is 35.5. The monoisotopic (exact) mass is 1050 g/mol. The Morgan fingerprint density at radius 3 is 2.38 bits per heavy atom. The second kappa shape index (κ2) is 25.0. The van der Waals surface area contributed by atoms with E-state index in [1.165, 1.54) is 5.56 Å². The highest BCUT2D eigenvalue weighted by Crippen LogP contribution is 2.43. The number of piperidine rings is 1. The Hall–Kier alpha value is -7.31. The van der Waals surface area contributed by atoms with Crippen molar-refractivity contribution in [3.63, 3.8) is 0 Å². The number of aromatic nitrogens is 5. The second-order valence-corrected chi connectivity index (χ2v) is 21.1. The lowest BCUT2D eigenvalue weighted by Crippen LogP contribution is -2.46. The van der Waals surface area contributed by atoms with Crippen molar-refractivity contribution < 1.29 is 29.1 Å². The zero-order valence-electron chi connectivity index (χ0n) is 44.3. The predicted octanol–water partition coefficient (Wildman–Crippen LogP) is 7.50. The summed E-state index contributed by atoms with van der Waals surface area (Å²) >= 11 is 6.52. The summed E-state index contributed by atoms with van der Waals surface area (Å²) in [6.07, 6.45) is 8.91. The van der Waals surface area contributed by atoms with Crippen molar-refractivity contribution in [3.05, 3.63) is 106 Å². The van der Waals surface area contributed by atoms with Crippen LogP contribution in [0.1, 0.15) is 105 Å². The van der Waals surface area contributed by atoms with Crippen LogP contribution in [0.5, 0.6) is 5.75 Å². The molecule has 4 amide bonds. The van der Waals surface area contributed by atoms with Gasteiger partial charge in [0.1, 0.15) is 16.5 Å². The van der Waals surface area contributed by atoms with Crippen LogP contribution in [0.15, 0.2) is 77.9 Å². The summed E-state index contributed by atoms with van der Waals surface area (Å²) < 4.78 is 3.41. The van der Waals surface area contributed by atoms with Gasteiger partial charge in [-0.2, -0.15) is 10.2 Å². The lowest BCUT2D eigenvalue weighted by Gasteiger charge is -2.41. The Morgan fingerprint density at radius 1 is 0.947 bits per heavy atom. The number of aryl methyl sites for hydroxylation is 1. The molecule has 18 nitrogen and oxygen atoms in total. The molecule has 6 aromatic rings. The van der Waals surface area contributed by atoms with Gasteiger partial charge in [0.15, 0.2) is 12.0 Å². The zero-order valence-corrected chi connectivity index (χ0v) is 45.1. The van der Waals surface area contributed by atoms with Crippen molar-refractivity contribution in [2.45, 2.75) is 97.7 Å². The van der Waals surface area contributed by atoms with Crippen LogP contribution < -0.4 is 16.0 Å². The second-order valence-electron chi connectivity index (χ2n) is 20.7. The van der Waals surface area contributed by atoms with Gasteiger partial charge >= 0.3 is 0 Å². The number of halogens is 1. The predicted molar refractivity (Wildman–Crippen MR) is 295 cm³/mol. The SMILES string of the molecule is CC(=O)N1CCc2[nH]c3c(Cl)c(O)cc(-c4ccn(CCNC(=O)CCCC(=O)NCCCNCc5ccc(-c6c(N=CN(C)CC7(C)CCN(C(=O)CC(C)c8ccccc8)CC7)c(C=O)nn6C)cc5)n4)c3c2C1. The van der Waals surface area contributed by atoms with Crippen LogP contribution in [0.2, 0.25) is 5.02 Å². The third kappa shape index (κ3) is 13.6. The average molecular weight is 1060 g/mol. The van der Waals surface area contributed by atoms with Gasteiger partial charge in [0.05, 0.1) is 29.8 Å². The number of hydrogen-bond donors (Lipinski definition) is 5. The number of nitrogens with one attached hydrogen (secondary N) is 4. The fourth-order valence-corrected chi connectivity index (χ4v) is 10.6. The maximum absolute atomic E-state index is 13.2. The lowest BCUT2D eigenvalue weighted by molar-refractivity contribution is -0.134. The summed E-state index contributed by atoms with van der Waals surface area (Å²) in [5, 5.41) is 30.2. The van der Waals surface area contributed by atoms with Crippen molar-refractivity contribution in [2.75, 3.05) is 52.9 Å². The normalized spacial score (nSPS) is 14.7. The standard InChI is InChI=1S/C57H71ClN12O6/c1-38(41-11-7-6-8-12-41)31-51(76)68-28-21-57(3,22-29-68)36-66(4)37-62-54-47(35-71)64-67(5)56(54)42-17-15-40(16-18-42)33-59-23-10-24-60-49(74)13-9-14-50(75)61-25-30-70-27-20-46(65-70)43-32-48(73)53(58)55-52(43)44-34-69(39(2)72)26-19-45(44)63-55/h6-8,11-12,15-18,20,27,32,35,37-38,59,63,73H,9-10,13-14,19,21-26,28-31,33-34,36H2,1-5H3,(H,60,74)(H,61,75). The van der Waals surface area contributed by atoms with Gasteiger partial charge in [0, 0.05) is 133 Å². The summed E-state index contributed by atoms with van der Waals surface area (Å²) in [5.74, 6) is 0.0675. The van der Waals surface area contributed by atoms with Gasteiger partial charge in [0.25, 0.3) is 0 Å². The fourth-order valence-electron chi connectivity index (χ4n) is 10.4. The third-order valence-electron chi connectivity index (χ3n) is 14.8. The smallest absolute Gasteiger partial charge is 0.223 e. The number of amides is 4. The van der Waals surface area contributed by atoms with Crippen LogP contribution in [0.4, 0.5) is 5.69 Å². The van der Waals surface area contributed by atoms with Crippen LogP contribution >= 0.6 is 11.6 Å². The van der Waals surface area contributed by atoms with E-state index in [1.54, 1.807) is 33.6 Å². The molecule has 1 fully saturated rings.